The van der Waals surface area contributed by atoms with Crippen LogP contribution in [0.25, 0.3) is 0 Å². The molecule has 0 aliphatic rings. The highest BCUT2D eigenvalue weighted by Gasteiger charge is 2.25. The molecule has 0 aliphatic carbocycles. The van der Waals surface area contributed by atoms with E-state index in [0.29, 0.717) is 13.0 Å². The lowest BCUT2D eigenvalue weighted by atomic mass is 10.1. The van der Waals surface area contributed by atoms with Crippen LogP contribution in [0.4, 0.5) is 0 Å². The third-order valence-corrected chi connectivity index (χ3v) is 4.92. The maximum Gasteiger partial charge on any atom is 0.275 e. The second kappa shape index (κ2) is 16.5. The zero-order valence-electron chi connectivity index (χ0n) is 18.1. The third kappa shape index (κ3) is 20.5. The van der Waals surface area contributed by atoms with Gasteiger partial charge in [-0.1, -0.05) is 64.7 Å². The van der Waals surface area contributed by atoms with Gasteiger partial charge < -0.3 is 30.8 Å². The zero-order chi connectivity index (χ0) is 21.3. The molecular weight excluding hydrogens is 360 g/mol. The van der Waals surface area contributed by atoms with E-state index in [2.05, 4.69) is 17.6 Å². The van der Waals surface area contributed by atoms with E-state index in [-0.39, 0.29) is 25.3 Å². The summed E-state index contributed by atoms with van der Waals surface area (Å²) in [4.78, 5) is 0. The Hall–Kier alpha value is -0.280. The molecule has 0 amide bonds. The van der Waals surface area contributed by atoms with Crippen molar-refractivity contribution in [3.05, 3.63) is 0 Å². The van der Waals surface area contributed by atoms with Crippen LogP contribution < -0.4 is 10.6 Å². The Morgan fingerprint density at radius 3 is 1.71 bits per heavy atom. The lowest BCUT2D eigenvalue weighted by molar-refractivity contribution is -0.315. The molecule has 0 aromatic rings. The maximum atomic E-state index is 9.93. The van der Waals surface area contributed by atoms with Crippen LogP contribution >= 0.6 is 0 Å². The van der Waals surface area contributed by atoms with E-state index < -0.39 is 11.9 Å². The van der Waals surface area contributed by atoms with Crippen molar-refractivity contribution in [2.75, 3.05) is 13.1 Å². The molecule has 0 saturated heterocycles. The largest absolute Gasteiger partial charge is 0.353 e. The van der Waals surface area contributed by atoms with Crippen molar-refractivity contribution in [1.29, 1.82) is 0 Å². The van der Waals surface area contributed by atoms with Gasteiger partial charge in [0.05, 0.1) is 0 Å². The van der Waals surface area contributed by atoms with Gasteiger partial charge in [0.15, 0.2) is 0 Å². The van der Waals surface area contributed by atoms with Crippen molar-refractivity contribution in [3.8, 4) is 0 Å². The molecule has 0 aromatic carbocycles. The molecule has 0 aliphatic heterocycles. The molecule has 0 fully saturated rings. The lowest BCUT2D eigenvalue weighted by Crippen LogP contribution is -2.52. The number of aliphatic hydroxyl groups is 5. The smallest absolute Gasteiger partial charge is 0.275 e. The fourth-order valence-corrected chi connectivity index (χ4v) is 3.31. The Labute approximate surface area is 171 Å². The van der Waals surface area contributed by atoms with Crippen LogP contribution in [0.3, 0.4) is 0 Å². The van der Waals surface area contributed by atoms with Gasteiger partial charge in [0.2, 0.25) is 5.91 Å². The van der Waals surface area contributed by atoms with Crippen molar-refractivity contribution in [3.63, 3.8) is 0 Å². The summed E-state index contributed by atoms with van der Waals surface area (Å²) in [7, 11) is 0. The Balaban J connectivity index is 3.51. The topological polar surface area (TPSA) is 125 Å². The van der Waals surface area contributed by atoms with Gasteiger partial charge in [0.1, 0.15) is 0 Å². The normalized spacial score (nSPS) is 13.8. The molecule has 0 radical (unpaired) electrons. The quantitative estimate of drug-likeness (QED) is 0.122. The van der Waals surface area contributed by atoms with Gasteiger partial charge in [-0.15, -0.1) is 0 Å². The molecule has 7 nitrogen and oxygen atoms in total. The Morgan fingerprint density at radius 1 is 0.679 bits per heavy atom. The number of rotatable bonds is 20. The van der Waals surface area contributed by atoms with Crippen LogP contribution in [-0.2, 0) is 0 Å². The number of hydrogen-bond donors (Lipinski definition) is 7. The summed E-state index contributed by atoms with van der Waals surface area (Å²) in [6.45, 7) is 5.70. The van der Waals surface area contributed by atoms with Gasteiger partial charge in [0, 0.05) is 25.4 Å². The summed E-state index contributed by atoms with van der Waals surface area (Å²) in [5.41, 5.74) is 0. The second-order valence-electron chi connectivity index (χ2n) is 8.23. The molecule has 7 N–H and O–H groups in total. The van der Waals surface area contributed by atoms with E-state index in [0.717, 1.165) is 13.0 Å². The Kier molecular flexibility index (Phi) is 16.3. The van der Waals surface area contributed by atoms with Crippen LogP contribution in [0.5, 0.6) is 0 Å². The molecule has 0 heterocycles. The van der Waals surface area contributed by atoms with E-state index in [4.69, 9.17) is 15.3 Å². The van der Waals surface area contributed by atoms with Gasteiger partial charge in [-0.25, -0.2) is 0 Å². The van der Waals surface area contributed by atoms with E-state index in [9.17, 15) is 10.2 Å². The molecule has 1 unspecified atom stereocenters. The van der Waals surface area contributed by atoms with Crippen LogP contribution in [-0.4, -0.2) is 56.5 Å². The molecule has 0 bridgehead atoms. The van der Waals surface area contributed by atoms with Crippen molar-refractivity contribution in [2.45, 2.75) is 122 Å². The highest BCUT2D eigenvalue weighted by molar-refractivity contribution is 4.71. The van der Waals surface area contributed by atoms with Crippen molar-refractivity contribution in [1.82, 2.24) is 10.6 Å². The van der Waals surface area contributed by atoms with Crippen LogP contribution in [0.2, 0.25) is 0 Å². The summed E-state index contributed by atoms with van der Waals surface area (Å²) < 4.78 is 0. The zero-order valence-corrected chi connectivity index (χ0v) is 18.1. The first-order valence-electron chi connectivity index (χ1n) is 11.3. The summed E-state index contributed by atoms with van der Waals surface area (Å²) >= 11 is 0. The minimum atomic E-state index is -2.69. The summed E-state index contributed by atoms with van der Waals surface area (Å²) in [6.07, 6.45) is 13.6. The van der Waals surface area contributed by atoms with Gasteiger partial charge in [-0.05, 0) is 32.7 Å². The monoisotopic (exact) mass is 406 g/mol. The molecule has 0 rings (SSSR count). The Bertz CT molecular complexity index is 348. The highest BCUT2D eigenvalue weighted by atomic mass is 16.7. The standard InChI is InChI=1S/C21H46N2O5/c1-3-4-5-6-7-8-9-10-11-14-17-22-18-19(2)23-20(24,25)15-12-13-16-21(26,27)28/h19,22-28H,3-18H2,1-2H3. The predicted molar refractivity (Wildman–Crippen MR) is 112 cm³/mol. The average molecular weight is 407 g/mol. The summed E-state index contributed by atoms with van der Waals surface area (Å²) in [6, 6.07) is -0.106. The van der Waals surface area contributed by atoms with Gasteiger partial charge in [0.25, 0.3) is 5.97 Å². The van der Waals surface area contributed by atoms with Crippen LogP contribution in [0.15, 0.2) is 0 Å². The van der Waals surface area contributed by atoms with E-state index in [1.807, 2.05) is 6.92 Å². The third-order valence-electron chi connectivity index (χ3n) is 4.92. The van der Waals surface area contributed by atoms with E-state index >= 15 is 0 Å². The average Bonchev–Trinajstić information content (AvgIpc) is 2.58. The van der Waals surface area contributed by atoms with E-state index in [1.165, 1.54) is 57.8 Å². The lowest BCUT2D eigenvalue weighted by Gasteiger charge is -2.27. The van der Waals surface area contributed by atoms with Crippen molar-refractivity contribution >= 4 is 0 Å². The SMILES string of the molecule is CCCCCCCCCCCCNCC(C)NC(O)(O)CCCCC(O)(O)O. The molecular formula is C21H46N2O5. The summed E-state index contributed by atoms with van der Waals surface area (Å²) in [5.74, 6) is -4.69. The van der Waals surface area contributed by atoms with Crippen LogP contribution in [0, 0.1) is 0 Å². The second-order valence-corrected chi connectivity index (χ2v) is 8.23. The molecule has 7 heteroatoms. The molecule has 0 saturated carbocycles. The minimum Gasteiger partial charge on any atom is -0.353 e. The molecule has 0 spiro atoms. The van der Waals surface area contributed by atoms with E-state index in [1.54, 1.807) is 0 Å². The Morgan fingerprint density at radius 2 is 1.18 bits per heavy atom. The highest BCUT2D eigenvalue weighted by Crippen LogP contribution is 2.14. The summed E-state index contributed by atoms with van der Waals surface area (Å²) in [5, 5.41) is 52.3. The molecule has 170 valence electrons. The van der Waals surface area contributed by atoms with Gasteiger partial charge in [-0.3, -0.25) is 5.32 Å². The van der Waals surface area contributed by atoms with Crippen LogP contribution in [0.1, 0.15) is 104 Å². The van der Waals surface area contributed by atoms with Gasteiger partial charge >= 0.3 is 0 Å². The fourth-order valence-electron chi connectivity index (χ4n) is 3.31. The maximum absolute atomic E-state index is 9.93. The fraction of sp³-hybridized carbons (Fsp3) is 1.00. The minimum absolute atomic E-state index is 0.0475. The molecule has 0 aromatic heterocycles. The number of hydrogen-bond acceptors (Lipinski definition) is 7. The molecule has 28 heavy (non-hydrogen) atoms. The number of unbranched alkanes of at least 4 members (excludes halogenated alkanes) is 10. The first kappa shape index (κ1) is 27.7. The van der Waals surface area contributed by atoms with Crippen molar-refractivity contribution < 1.29 is 25.5 Å². The molecule has 1 atom stereocenters. The first-order chi connectivity index (χ1) is 13.2. The van der Waals surface area contributed by atoms with Gasteiger partial charge in [-0.2, -0.15) is 0 Å². The predicted octanol–water partition coefficient (Wildman–Crippen LogP) is 2.30. The van der Waals surface area contributed by atoms with Crippen molar-refractivity contribution in [2.24, 2.45) is 0 Å². The number of nitrogens with one attached hydrogen (secondary N) is 2. The first-order valence-corrected chi connectivity index (χ1v) is 11.3.